The van der Waals surface area contributed by atoms with Gasteiger partial charge in [0.05, 0.1) is 5.69 Å². The highest BCUT2D eigenvalue weighted by Gasteiger charge is 2.15. The van der Waals surface area contributed by atoms with Crippen LogP contribution in [0.3, 0.4) is 0 Å². The predicted octanol–water partition coefficient (Wildman–Crippen LogP) is 4.43. The molecule has 0 bridgehead atoms. The lowest BCUT2D eigenvalue weighted by molar-refractivity contribution is 0.617. The van der Waals surface area contributed by atoms with Gasteiger partial charge >= 0.3 is 0 Å². The minimum Gasteiger partial charge on any atom is -0.227 e. The Balaban J connectivity index is 1.68. The Bertz CT molecular complexity index is 1060. The fourth-order valence-electron chi connectivity index (χ4n) is 2.40. The van der Waals surface area contributed by atoms with E-state index in [0.29, 0.717) is 38.2 Å². The second kappa shape index (κ2) is 6.97. The third-order valence-electron chi connectivity index (χ3n) is 3.69. The third kappa shape index (κ3) is 3.13. The fraction of sp³-hybridized carbons (Fsp3) is 0.0588. The summed E-state index contributed by atoms with van der Waals surface area (Å²) in [5.41, 5.74) is 1.99. The third-order valence-corrected chi connectivity index (χ3v) is 5.05. The van der Waals surface area contributed by atoms with Crippen molar-refractivity contribution in [3.05, 3.63) is 71.0 Å². The van der Waals surface area contributed by atoms with Crippen LogP contribution in [0.15, 0.2) is 53.8 Å². The number of halogens is 3. The van der Waals surface area contributed by atoms with Crippen LogP contribution < -0.4 is 0 Å². The standard InChI is InChI=1S/C17H10ClF2N5S/c18-13-2-1-3-14(20)12(13)8-26-17-15-16(21-9-22-17)25(24-23-15)11-6-4-10(19)5-7-11/h1-7,9H,8H2. The van der Waals surface area contributed by atoms with Gasteiger partial charge in [0, 0.05) is 16.3 Å². The smallest absolute Gasteiger partial charge is 0.187 e. The normalized spacial score (nSPS) is 11.2. The largest absolute Gasteiger partial charge is 0.227 e. The van der Waals surface area contributed by atoms with Crippen LogP contribution in [-0.2, 0) is 5.75 Å². The molecule has 2 heterocycles. The summed E-state index contributed by atoms with van der Waals surface area (Å²) in [5, 5.41) is 9.11. The number of thioether (sulfide) groups is 1. The molecule has 4 aromatic rings. The summed E-state index contributed by atoms with van der Waals surface area (Å²) >= 11 is 7.35. The Kier molecular flexibility index (Phi) is 4.52. The number of fused-ring (bicyclic) bond motifs is 1. The van der Waals surface area contributed by atoms with Crippen molar-refractivity contribution in [2.24, 2.45) is 0 Å². The van der Waals surface area contributed by atoms with Gasteiger partial charge in [-0.15, -0.1) is 5.10 Å². The van der Waals surface area contributed by atoms with Gasteiger partial charge in [0.1, 0.15) is 23.0 Å². The molecule has 2 aromatic carbocycles. The Labute approximate surface area is 156 Å². The van der Waals surface area contributed by atoms with E-state index in [2.05, 4.69) is 20.3 Å². The molecule has 0 N–H and O–H groups in total. The first kappa shape index (κ1) is 16.9. The molecular formula is C17H10ClF2N5S. The molecule has 0 aliphatic rings. The first-order valence-corrected chi connectivity index (χ1v) is 8.88. The highest BCUT2D eigenvalue weighted by molar-refractivity contribution is 7.98. The molecule has 0 saturated carbocycles. The molecule has 0 radical (unpaired) electrons. The average Bonchev–Trinajstić information content (AvgIpc) is 3.07. The zero-order valence-electron chi connectivity index (χ0n) is 13.1. The average molecular weight is 390 g/mol. The highest BCUT2D eigenvalue weighted by Crippen LogP contribution is 2.30. The van der Waals surface area contributed by atoms with Gasteiger partial charge in [0.2, 0.25) is 0 Å². The van der Waals surface area contributed by atoms with E-state index in [-0.39, 0.29) is 11.6 Å². The van der Waals surface area contributed by atoms with Crippen LogP contribution in [0.1, 0.15) is 5.56 Å². The van der Waals surface area contributed by atoms with E-state index in [0.717, 1.165) is 0 Å². The van der Waals surface area contributed by atoms with Crippen LogP contribution in [0, 0.1) is 11.6 Å². The van der Waals surface area contributed by atoms with Crippen molar-refractivity contribution in [2.45, 2.75) is 10.8 Å². The lowest BCUT2D eigenvalue weighted by Crippen LogP contribution is -1.98. The monoisotopic (exact) mass is 389 g/mol. The number of hydrogen-bond acceptors (Lipinski definition) is 5. The summed E-state index contributed by atoms with van der Waals surface area (Å²) in [4.78, 5) is 8.42. The number of benzene rings is 2. The number of hydrogen-bond donors (Lipinski definition) is 0. The van der Waals surface area contributed by atoms with Crippen molar-refractivity contribution >= 4 is 34.5 Å². The molecule has 0 fully saturated rings. The van der Waals surface area contributed by atoms with Crippen LogP contribution in [-0.4, -0.2) is 25.0 Å². The Morgan fingerprint density at radius 3 is 2.62 bits per heavy atom. The molecule has 0 saturated heterocycles. The quantitative estimate of drug-likeness (QED) is 0.381. The van der Waals surface area contributed by atoms with E-state index in [1.807, 2.05) is 0 Å². The molecule has 0 aliphatic heterocycles. The van der Waals surface area contributed by atoms with Crippen molar-refractivity contribution in [3.8, 4) is 5.69 Å². The van der Waals surface area contributed by atoms with Crippen molar-refractivity contribution in [2.75, 3.05) is 0 Å². The minimum atomic E-state index is -0.370. The van der Waals surface area contributed by atoms with Crippen molar-refractivity contribution in [3.63, 3.8) is 0 Å². The van der Waals surface area contributed by atoms with Gasteiger partial charge in [-0.2, -0.15) is 4.68 Å². The maximum atomic E-state index is 13.9. The maximum absolute atomic E-state index is 13.9. The Morgan fingerprint density at radius 2 is 1.85 bits per heavy atom. The van der Waals surface area contributed by atoms with Gasteiger partial charge < -0.3 is 0 Å². The SMILES string of the molecule is Fc1ccc(-n2nnc3c(SCc4c(F)cccc4Cl)ncnc32)cc1. The van der Waals surface area contributed by atoms with E-state index < -0.39 is 0 Å². The summed E-state index contributed by atoms with van der Waals surface area (Å²) in [6, 6.07) is 10.4. The second-order valence-corrected chi connectivity index (χ2v) is 6.69. The van der Waals surface area contributed by atoms with Crippen LogP contribution >= 0.6 is 23.4 Å². The summed E-state index contributed by atoms with van der Waals surface area (Å²) < 4.78 is 28.5. The second-order valence-electron chi connectivity index (χ2n) is 5.32. The van der Waals surface area contributed by atoms with Crippen LogP contribution in [0.25, 0.3) is 16.9 Å². The molecule has 26 heavy (non-hydrogen) atoms. The van der Waals surface area contributed by atoms with Crippen LogP contribution in [0.2, 0.25) is 5.02 Å². The van der Waals surface area contributed by atoms with Crippen molar-refractivity contribution < 1.29 is 8.78 Å². The molecule has 0 atom stereocenters. The summed E-state index contributed by atoms with van der Waals surface area (Å²) in [6.45, 7) is 0. The zero-order valence-corrected chi connectivity index (χ0v) is 14.7. The topological polar surface area (TPSA) is 56.5 Å². The minimum absolute atomic E-state index is 0.293. The van der Waals surface area contributed by atoms with Gasteiger partial charge in [-0.1, -0.05) is 34.6 Å². The summed E-state index contributed by atoms with van der Waals surface area (Å²) in [7, 11) is 0. The van der Waals surface area contributed by atoms with Gasteiger partial charge in [-0.3, -0.25) is 0 Å². The van der Waals surface area contributed by atoms with Gasteiger partial charge in [0.15, 0.2) is 11.2 Å². The molecule has 2 aromatic heterocycles. The molecule has 0 aliphatic carbocycles. The van der Waals surface area contributed by atoms with E-state index in [4.69, 9.17) is 11.6 Å². The van der Waals surface area contributed by atoms with Crippen LogP contribution in [0.4, 0.5) is 8.78 Å². The lowest BCUT2D eigenvalue weighted by atomic mass is 10.2. The first-order valence-electron chi connectivity index (χ1n) is 7.51. The van der Waals surface area contributed by atoms with Gasteiger partial charge in [0.25, 0.3) is 0 Å². The highest BCUT2D eigenvalue weighted by atomic mass is 35.5. The van der Waals surface area contributed by atoms with Crippen LogP contribution in [0.5, 0.6) is 0 Å². The fourth-order valence-corrected chi connectivity index (χ4v) is 3.67. The Hall–Kier alpha value is -2.58. The Morgan fingerprint density at radius 1 is 1.04 bits per heavy atom. The molecule has 5 nitrogen and oxygen atoms in total. The summed E-state index contributed by atoms with van der Waals surface area (Å²) in [5.74, 6) is -0.419. The van der Waals surface area contributed by atoms with E-state index in [1.165, 1.54) is 41.0 Å². The number of nitrogens with zero attached hydrogens (tertiary/aromatic N) is 5. The lowest BCUT2D eigenvalue weighted by Gasteiger charge is -2.05. The van der Waals surface area contributed by atoms with E-state index >= 15 is 0 Å². The predicted molar refractivity (Wildman–Crippen MR) is 95.4 cm³/mol. The first-order chi connectivity index (χ1) is 12.6. The zero-order chi connectivity index (χ0) is 18.1. The molecule has 0 unspecified atom stereocenters. The maximum Gasteiger partial charge on any atom is 0.187 e. The molecule has 4 rings (SSSR count). The van der Waals surface area contributed by atoms with Crippen molar-refractivity contribution in [1.29, 1.82) is 0 Å². The number of aromatic nitrogens is 5. The molecule has 0 spiro atoms. The molecule has 130 valence electrons. The van der Waals surface area contributed by atoms with Gasteiger partial charge in [-0.05, 0) is 36.4 Å². The summed E-state index contributed by atoms with van der Waals surface area (Å²) in [6.07, 6.45) is 1.39. The molecular weight excluding hydrogens is 380 g/mol. The van der Waals surface area contributed by atoms with E-state index in [9.17, 15) is 8.78 Å². The van der Waals surface area contributed by atoms with E-state index in [1.54, 1.807) is 24.3 Å². The molecule has 0 amide bonds. The molecule has 9 heteroatoms. The van der Waals surface area contributed by atoms with Crippen molar-refractivity contribution in [1.82, 2.24) is 25.0 Å². The number of rotatable bonds is 4. The van der Waals surface area contributed by atoms with Gasteiger partial charge in [-0.25, -0.2) is 18.7 Å².